The molecule has 102 valence electrons. The number of hydrogen-bond donors (Lipinski definition) is 2. The average molecular weight is 276 g/mol. The highest BCUT2D eigenvalue weighted by molar-refractivity contribution is 7.99. The molecular formula is C14H20N4S. The van der Waals surface area contributed by atoms with Crippen LogP contribution in [0.25, 0.3) is 0 Å². The molecule has 0 radical (unpaired) electrons. The summed E-state index contributed by atoms with van der Waals surface area (Å²) in [5.41, 5.74) is 12.3. The van der Waals surface area contributed by atoms with E-state index < -0.39 is 0 Å². The molecule has 19 heavy (non-hydrogen) atoms. The number of nitrogens with two attached hydrogens (primary N) is 2. The summed E-state index contributed by atoms with van der Waals surface area (Å²) in [4.78, 5) is 1.31. The Morgan fingerprint density at radius 2 is 1.89 bits per heavy atom. The van der Waals surface area contributed by atoms with Gasteiger partial charge in [0, 0.05) is 10.6 Å². The number of hydrogen-bond acceptors (Lipinski definition) is 3. The molecule has 1 saturated carbocycles. The fraction of sp³-hybridized carbons (Fsp3) is 0.429. The molecule has 1 aliphatic carbocycles. The average Bonchev–Trinajstić information content (AvgIpc) is 2.35. The fourth-order valence-electron chi connectivity index (χ4n) is 1.86. The molecule has 4 N–H and O–H groups in total. The number of thioether (sulfide) groups is 1. The molecule has 1 aromatic rings. The summed E-state index contributed by atoms with van der Waals surface area (Å²) in [5.74, 6) is 2.14. The summed E-state index contributed by atoms with van der Waals surface area (Å²) >= 11 is 1.94. The zero-order valence-electron chi connectivity index (χ0n) is 11.2. The second kappa shape index (κ2) is 6.61. The van der Waals surface area contributed by atoms with Gasteiger partial charge in [0.05, 0.1) is 5.71 Å². The third kappa shape index (κ3) is 4.28. The van der Waals surface area contributed by atoms with Crippen molar-refractivity contribution in [1.82, 2.24) is 0 Å². The van der Waals surface area contributed by atoms with Crippen LogP contribution in [0, 0.1) is 5.92 Å². The van der Waals surface area contributed by atoms with Gasteiger partial charge in [-0.3, -0.25) is 0 Å². The number of guanidine groups is 1. The molecule has 0 amide bonds. The summed E-state index contributed by atoms with van der Waals surface area (Å²) in [5, 5.41) is 7.62. The van der Waals surface area contributed by atoms with Gasteiger partial charge in [-0.1, -0.05) is 18.6 Å². The van der Waals surface area contributed by atoms with E-state index in [9.17, 15) is 0 Å². The van der Waals surface area contributed by atoms with Crippen LogP contribution in [0.1, 0.15) is 31.7 Å². The Morgan fingerprint density at radius 1 is 1.21 bits per heavy atom. The van der Waals surface area contributed by atoms with Gasteiger partial charge in [0.15, 0.2) is 0 Å². The lowest BCUT2D eigenvalue weighted by Gasteiger charge is -2.24. The third-order valence-electron chi connectivity index (χ3n) is 3.30. The lowest BCUT2D eigenvalue weighted by atomic mass is 9.87. The van der Waals surface area contributed by atoms with Crippen molar-refractivity contribution in [3.8, 4) is 0 Å². The van der Waals surface area contributed by atoms with E-state index in [1.807, 2.05) is 18.7 Å². The Hall–Kier alpha value is -1.49. The summed E-state index contributed by atoms with van der Waals surface area (Å²) in [7, 11) is 0. The highest BCUT2D eigenvalue weighted by Crippen LogP contribution is 2.32. The molecular weight excluding hydrogens is 256 g/mol. The van der Waals surface area contributed by atoms with Crippen LogP contribution >= 0.6 is 11.8 Å². The largest absolute Gasteiger partial charge is 0.369 e. The van der Waals surface area contributed by atoms with Gasteiger partial charge >= 0.3 is 0 Å². The van der Waals surface area contributed by atoms with E-state index >= 15 is 0 Å². The molecule has 1 fully saturated rings. The van der Waals surface area contributed by atoms with E-state index in [-0.39, 0.29) is 5.96 Å². The van der Waals surface area contributed by atoms with Gasteiger partial charge in [-0.25, -0.2) is 0 Å². The van der Waals surface area contributed by atoms with Crippen molar-refractivity contribution in [3.05, 3.63) is 29.8 Å². The molecule has 0 unspecified atom stereocenters. The van der Waals surface area contributed by atoms with Crippen molar-refractivity contribution in [3.63, 3.8) is 0 Å². The Morgan fingerprint density at radius 3 is 2.42 bits per heavy atom. The zero-order chi connectivity index (χ0) is 13.7. The first-order valence-corrected chi connectivity index (χ1v) is 7.50. The summed E-state index contributed by atoms with van der Waals surface area (Å²) in [6.07, 6.45) is 4.20. The molecule has 0 spiro atoms. The van der Waals surface area contributed by atoms with Crippen molar-refractivity contribution >= 4 is 23.4 Å². The van der Waals surface area contributed by atoms with Gasteiger partial charge in [0.25, 0.3) is 0 Å². The summed E-state index contributed by atoms with van der Waals surface area (Å²) in [6, 6.07) is 8.38. The van der Waals surface area contributed by atoms with Gasteiger partial charge in [-0.05, 0) is 43.4 Å². The van der Waals surface area contributed by atoms with Gasteiger partial charge in [0.2, 0.25) is 5.96 Å². The van der Waals surface area contributed by atoms with E-state index in [1.165, 1.54) is 29.9 Å². The molecule has 0 aliphatic heterocycles. The van der Waals surface area contributed by atoms with Crippen LogP contribution in [0.5, 0.6) is 0 Å². The van der Waals surface area contributed by atoms with Crippen molar-refractivity contribution in [2.75, 3.05) is 5.75 Å². The first-order chi connectivity index (χ1) is 9.15. The quantitative estimate of drug-likeness (QED) is 0.375. The number of nitrogens with zero attached hydrogens (tertiary/aromatic N) is 2. The van der Waals surface area contributed by atoms with Crippen LogP contribution in [0.15, 0.2) is 39.4 Å². The molecule has 0 bridgehead atoms. The van der Waals surface area contributed by atoms with Crippen molar-refractivity contribution < 1.29 is 0 Å². The van der Waals surface area contributed by atoms with Crippen molar-refractivity contribution in [1.29, 1.82) is 0 Å². The third-order valence-corrected chi connectivity index (χ3v) is 4.54. The first-order valence-electron chi connectivity index (χ1n) is 6.51. The van der Waals surface area contributed by atoms with Gasteiger partial charge in [0.1, 0.15) is 0 Å². The minimum Gasteiger partial charge on any atom is -0.369 e. The molecule has 0 heterocycles. The van der Waals surface area contributed by atoms with Crippen molar-refractivity contribution in [2.24, 2.45) is 27.6 Å². The van der Waals surface area contributed by atoms with E-state index in [2.05, 4.69) is 34.5 Å². The molecule has 5 heteroatoms. The van der Waals surface area contributed by atoms with Crippen LogP contribution in [0.3, 0.4) is 0 Å². The number of benzene rings is 1. The lowest BCUT2D eigenvalue weighted by molar-refractivity contribution is 0.353. The zero-order valence-corrected chi connectivity index (χ0v) is 12.0. The minimum absolute atomic E-state index is 0.0213. The predicted molar refractivity (Wildman–Crippen MR) is 82.5 cm³/mol. The highest BCUT2D eigenvalue weighted by Gasteiger charge is 2.17. The van der Waals surface area contributed by atoms with Crippen LogP contribution in [-0.2, 0) is 0 Å². The minimum atomic E-state index is -0.0213. The van der Waals surface area contributed by atoms with E-state index in [0.29, 0.717) is 0 Å². The summed E-state index contributed by atoms with van der Waals surface area (Å²) < 4.78 is 0. The molecule has 1 aliphatic rings. The Kier molecular flexibility index (Phi) is 4.85. The fourth-order valence-corrected chi connectivity index (χ4v) is 2.95. The van der Waals surface area contributed by atoms with Gasteiger partial charge in [-0.2, -0.15) is 5.10 Å². The maximum absolute atomic E-state index is 5.25. The van der Waals surface area contributed by atoms with Crippen LogP contribution in [0.2, 0.25) is 0 Å². The molecule has 2 rings (SSSR count). The monoisotopic (exact) mass is 276 g/mol. The van der Waals surface area contributed by atoms with E-state index in [0.717, 1.165) is 17.2 Å². The molecule has 0 aromatic heterocycles. The van der Waals surface area contributed by atoms with Crippen molar-refractivity contribution in [2.45, 2.75) is 31.1 Å². The standard InChI is InChI=1S/C14H20N4S/c1-10(17-18-14(15)16)12-5-7-13(8-6-12)19-9-11-3-2-4-11/h5-8,11H,2-4,9H2,1H3,(H4,15,16,18)/b17-10+. The second-order valence-electron chi connectivity index (χ2n) is 4.84. The van der Waals surface area contributed by atoms with E-state index in [1.54, 1.807) is 0 Å². The maximum Gasteiger partial charge on any atom is 0.211 e. The molecule has 1 aromatic carbocycles. The summed E-state index contributed by atoms with van der Waals surface area (Å²) in [6.45, 7) is 1.89. The lowest BCUT2D eigenvalue weighted by Crippen LogP contribution is -2.22. The van der Waals surface area contributed by atoms with Crippen LogP contribution in [0.4, 0.5) is 0 Å². The Labute approximate surface area is 118 Å². The highest BCUT2D eigenvalue weighted by atomic mass is 32.2. The molecule has 0 saturated heterocycles. The molecule has 0 atom stereocenters. The Bertz CT molecular complexity index is 471. The first kappa shape index (κ1) is 13.9. The Balaban J connectivity index is 1.93. The molecule has 4 nitrogen and oxygen atoms in total. The van der Waals surface area contributed by atoms with Gasteiger partial charge in [-0.15, -0.1) is 16.9 Å². The van der Waals surface area contributed by atoms with Gasteiger partial charge < -0.3 is 11.5 Å². The second-order valence-corrected chi connectivity index (χ2v) is 5.94. The smallest absolute Gasteiger partial charge is 0.211 e. The van der Waals surface area contributed by atoms with E-state index in [4.69, 9.17) is 11.5 Å². The predicted octanol–water partition coefficient (Wildman–Crippen LogP) is 2.58. The topological polar surface area (TPSA) is 76.8 Å². The van der Waals surface area contributed by atoms with Crippen LogP contribution < -0.4 is 11.5 Å². The van der Waals surface area contributed by atoms with Crippen LogP contribution in [-0.4, -0.2) is 17.4 Å². The normalized spacial score (nSPS) is 15.9. The maximum atomic E-state index is 5.25. The SMILES string of the molecule is C/C(=N\N=C(N)N)c1ccc(SCC2CCC2)cc1. The number of rotatable bonds is 5.